The Morgan fingerprint density at radius 1 is 1.00 bits per heavy atom. The number of primary amides is 1. The Morgan fingerprint density at radius 2 is 1.62 bits per heavy atom. The van der Waals surface area contributed by atoms with Crippen LogP contribution in [0.2, 0.25) is 0 Å². The van der Waals surface area contributed by atoms with Gasteiger partial charge in [-0.3, -0.25) is 4.79 Å². The molecular weight excluding hydrogens is 262 g/mol. The average Bonchev–Trinajstić information content (AvgIpc) is 2.92. The summed E-state index contributed by atoms with van der Waals surface area (Å²) in [6.07, 6.45) is 2.06. The van der Waals surface area contributed by atoms with Gasteiger partial charge in [-0.1, -0.05) is 48.5 Å². The van der Waals surface area contributed by atoms with Crippen LogP contribution in [0.15, 0.2) is 66.9 Å². The third kappa shape index (κ3) is 2.84. The molecule has 3 aromatic rings. The van der Waals surface area contributed by atoms with Crippen molar-refractivity contribution >= 4 is 5.91 Å². The van der Waals surface area contributed by atoms with Gasteiger partial charge in [-0.25, -0.2) is 4.68 Å². The molecule has 4 heteroatoms. The number of aromatic nitrogens is 2. The molecule has 0 saturated carbocycles. The topological polar surface area (TPSA) is 60.9 Å². The van der Waals surface area contributed by atoms with E-state index in [1.54, 1.807) is 4.68 Å². The summed E-state index contributed by atoms with van der Waals surface area (Å²) in [5, 5.41) is 4.51. The molecule has 0 unspecified atom stereocenters. The summed E-state index contributed by atoms with van der Waals surface area (Å²) in [4.78, 5) is 11.3. The maximum absolute atomic E-state index is 11.3. The number of amides is 1. The first kappa shape index (κ1) is 13.1. The smallest absolute Gasteiger partial charge is 0.223 e. The summed E-state index contributed by atoms with van der Waals surface area (Å²) in [6.45, 7) is 0. The molecule has 0 atom stereocenters. The van der Waals surface area contributed by atoms with Crippen LogP contribution in [0.1, 0.15) is 5.69 Å². The van der Waals surface area contributed by atoms with Gasteiger partial charge in [-0.2, -0.15) is 5.10 Å². The van der Waals surface area contributed by atoms with Crippen molar-refractivity contribution in [3.63, 3.8) is 0 Å². The van der Waals surface area contributed by atoms with Crippen molar-refractivity contribution in [2.45, 2.75) is 6.42 Å². The van der Waals surface area contributed by atoms with Crippen LogP contribution >= 0.6 is 0 Å². The van der Waals surface area contributed by atoms with E-state index in [9.17, 15) is 4.79 Å². The molecule has 0 saturated heterocycles. The van der Waals surface area contributed by atoms with E-state index < -0.39 is 0 Å². The zero-order valence-corrected chi connectivity index (χ0v) is 11.4. The van der Waals surface area contributed by atoms with Crippen molar-refractivity contribution < 1.29 is 4.79 Å². The van der Waals surface area contributed by atoms with Gasteiger partial charge in [0.25, 0.3) is 0 Å². The summed E-state index contributed by atoms with van der Waals surface area (Å²) in [6, 6.07) is 19.7. The minimum atomic E-state index is -0.384. The molecule has 2 N–H and O–H groups in total. The van der Waals surface area contributed by atoms with Gasteiger partial charge < -0.3 is 5.73 Å². The fraction of sp³-hybridized carbons (Fsp3) is 0.0588. The molecule has 1 aromatic heterocycles. The molecule has 0 aliphatic carbocycles. The zero-order chi connectivity index (χ0) is 14.7. The van der Waals surface area contributed by atoms with E-state index in [4.69, 9.17) is 5.73 Å². The van der Waals surface area contributed by atoms with Crippen LogP contribution in [0.3, 0.4) is 0 Å². The van der Waals surface area contributed by atoms with Gasteiger partial charge >= 0.3 is 0 Å². The SMILES string of the molecule is NC(=O)Cc1nn(-c2ccccc2)cc1-c1ccccc1. The second-order valence-corrected chi connectivity index (χ2v) is 4.78. The number of hydrogen-bond acceptors (Lipinski definition) is 2. The predicted molar refractivity (Wildman–Crippen MR) is 81.9 cm³/mol. The van der Waals surface area contributed by atoms with Crippen molar-refractivity contribution in [3.8, 4) is 16.8 Å². The number of hydrogen-bond donors (Lipinski definition) is 1. The van der Waals surface area contributed by atoms with Crippen LogP contribution in [0, 0.1) is 0 Å². The molecule has 0 fully saturated rings. The number of carbonyl (C=O) groups excluding carboxylic acids is 1. The Balaban J connectivity index is 2.10. The highest BCUT2D eigenvalue weighted by Crippen LogP contribution is 2.24. The molecule has 0 spiro atoms. The lowest BCUT2D eigenvalue weighted by molar-refractivity contribution is -0.117. The first-order valence-electron chi connectivity index (χ1n) is 6.72. The lowest BCUT2D eigenvalue weighted by atomic mass is 10.1. The van der Waals surface area contributed by atoms with Gasteiger partial charge in [0.05, 0.1) is 17.8 Å². The zero-order valence-electron chi connectivity index (χ0n) is 11.4. The van der Waals surface area contributed by atoms with E-state index in [1.807, 2.05) is 66.9 Å². The van der Waals surface area contributed by atoms with E-state index in [0.29, 0.717) is 5.69 Å². The predicted octanol–water partition coefficient (Wildman–Crippen LogP) is 2.57. The van der Waals surface area contributed by atoms with Gasteiger partial charge in [0.15, 0.2) is 0 Å². The largest absolute Gasteiger partial charge is 0.369 e. The van der Waals surface area contributed by atoms with E-state index >= 15 is 0 Å². The summed E-state index contributed by atoms with van der Waals surface area (Å²) in [5.74, 6) is -0.384. The van der Waals surface area contributed by atoms with Gasteiger partial charge in [-0.05, 0) is 17.7 Å². The fourth-order valence-corrected chi connectivity index (χ4v) is 2.28. The van der Waals surface area contributed by atoms with Gasteiger partial charge in [-0.15, -0.1) is 0 Å². The Hall–Kier alpha value is -2.88. The molecule has 0 radical (unpaired) electrons. The third-order valence-electron chi connectivity index (χ3n) is 3.24. The Kier molecular flexibility index (Phi) is 3.51. The number of carbonyl (C=O) groups is 1. The third-order valence-corrected chi connectivity index (χ3v) is 3.24. The van der Waals surface area contributed by atoms with Crippen molar-refractivity contribution in [3.05, 3.63) is 72.6 Å². The summed E-state index contributed by atoms with van der Waals surface area (Å²) in [5.41, 5.74) is 8.93. The van der Waals surface area contributed by atoms with Gasteiger partial charge in [0.1, 0.15) is 0 Å². The first-order valence-corrected chi connectivity index (χ1v) is 6.72. The molecule has 2 aromatic carbocycles. The lowest BCUT2D eigenvalue weighted by Gasteiger charge is -1.99. The van der Waals surface area contributed by atoms with Crippen LogP contribution in [0.4, 0.5) is 0 Å². The fourth-order valence-electron chi connectivity index (χ4n) is 2.28. The first-order chi connectivity index (χ1) is 10.2. The second-order valence-electron chi connectivity index (χ2n) is 4.78. The van der Waals surface area contributed by atoms with Gasteiger partial charge in [0.2, 0.25) is 5.91 Å². The average molecular weight is 277 g/mol. The summed E-state index contributed by atoms with van der Waals surface area (Å²) < 4.78 is 1.78. The van der Waals surface area contributed by atoms with Gasteiger partial charge in [0, 0.05) is 11.8 Å². The Morgan fingerprint density at radius 3 is 2.24 bits per heavy atom. The van der Waals surface area contributed by atoms with Crippen LogP contribution in [-0.4, -0.2) is 15.7 Å². The Bertz CT molecular complexity index is 748. The molecule has 0 aliphatic heterocycles. The summed E-state index contributed by atoms with van der Waals surface area (Å²) in [7, 11) is 0. The van der Waals surface area contributed by atoms with E-state index in [-0.39, 0.29) is 12.3 Å². The minimum Gasteiger partial charge on any atom is -0.369 e. The number of nitrogens with two attached hydrogens (primary N) is 1. The van der Waals surface area contributed by atoms with Crippen molar-refractivity contribution in [1.29, 1.82) is 0 Å². The molecule has 0 aliphatic rings. The lowest BCUT2D eigenvalue weighted by Crippen LogP contribution is -2.14. The Labute approximate surface area is 122 Å². The molecule has 21 heavy (non-hydrogen) atoms. The maximum atomic E-state index is 11.3. The van der Waals surface area contributed by atoms with Crippen molar-refractivity contribution in [2.75, 3.05) is 0 Å². The molecule has 0 bridgehead atoms. The normalized spacial score (nSPS) is 10.5. The van der Waals surface area contributed by atoms with Crippen LogP contribution in [0.25, 0.3) is 16.8 Å². The number of nitrogens with zero attached hydrogens (tertiary/aromatic N) is 2. The molecule has 1 heterocycles. The molecule has 3 rings (SSSR count). The van der Waals surface area contributed by atoms with Crippen LogP contribution < -0.4 is 5.73 Å². The van der Waals surface area contributed by atoms with Crippen LogP contribution in [-0.2, 0) is 11.2 Å². The van der Waals surface area contributed by atoms with Crippen molar-refractivity contribution in [2.24, 2.45) is 5.73 Å². The van der Waals surface area contributed by atoms with Crippen molar-refractivity contribution in [1.82, 2.24) is 9.78 Å². The van der Waals surface area contributed by atoms with Crippen LogP contribution in [0.5, 0.6) is 0 Å². The standard InChI is InChI=1S/C17H15N3O/c18-17(21)11-16-15(13-7-3-1-4-8-13)12-20(19-16)14-9-5-2-6-10-14/h1-10,12H,11H2,(H2,18,21). The minimum absolute atomic E-state index is 0.129. The van der Waals surface area contributed by atoms with E-state index in [0.717, 1.165) is 16.8 Å². The molecule has 104 valence electrons. The second kappa shape index (κ2) is 5.63. The number of benzene rings is 2. The quantitative estimate of drug-likeness (QED) is 0.796. The highest BCUT2D eigenvalue weighted by Gasteiger charge is 2.13. The molecular formula is C17H15N3O. The molecule has 1 amide bonds. The number of rotatable bonds is 4. The maximum Gasteiger partial charge on any atom is 0.223 e. The number of para-hydroxylation sites is 1. The van der Waals surface area contributed by atoms with E-state index in [2.05, 4.69) is 5.10 Å². The van der Waals surface area contributed by atoms with E-state index in [1.165, 1.54) is 0 Å². The highest BCUT2D eigenvalue weighted by atomic mass is 16.1. The highest BCUT2D eigenvalue weighted by molar-refractivity contribution is 5.79. The monoisotopic (exact) mass is 277 g/mol. The molecule has 4 nitrogen and oxygen atoms in total. The summed E-state index contributed by atoms with van der Waals surface area (Å²) >= 11 is 0.